The van der Waals surface area contributed by atoms with Gasteiger partial charge in [-0.2, -0.15) is 0 Å². The number of benzene rings is 3. The Balaban J connectivity index is 1.85. The van der Waals surface area contributed by atoms with E-state index in [-0.39, 0.29) is 0 Å². The zero-order valence-electron chi connectivity index (χ0n) is 13.0. The maximum absolute atomic E-state index is 4.78. The molecule has 2 aromatic heterocycles. The number of hydrogen-bond acceptors (Lipinski definition) is 1. The molecular formula is C21H15N3. The van der Waals surface area contributed by atoms with E-state index in [0.717, 1.165) is 28.1 Å². The number of nitrogens with zero attached hydrogens (tertiary/aromatic N) is 1. The Hall–Kier alpha value is -3.33. The molecular weight excluding hydrogens is 294 g/mol. The fourth-order valence-electron chi connectivity index (χ4n) is 3.30. The summed E-state index contributed by atoms with van der Waals surface area (Å²) in [5, 5.41) is 1.21. The van der Waals surface area contributed by atoms with Crippen molar-refractivity contribution >= 4 is 21.9 Å². The highest BCUT2D eigenvalue weighted by Crippen LogP contribution is 2.37. The highest BCUT2D eigenvalue weighted by molar-refractivity contribution is 6.03. The van der Waals surface area contributed by atoms with E-state index in [2.05, 4.69) is 64.6 Å². The minimum absolute atomic E-state index is 0.867. The zero-order valence-corrected chi connectivity index (χ0v) is 13.0. The van der Waals surface area contributed by atoms with Crippen LogP contribution in [0.15, 0.2) is 78.9 Å². The van der Waals surface area contributed by atoms with Gasteiger partial charge in [-0.3, -0.25) is 0 Å². The molecule has 0 amide bonds. The van der Waals surface area contributed by atoms with Crippen molar-refractivity contribution in [3.05, 3.63) is 78.9 Å². The molecule has 0 atom stereocenters. The van der Waals surface area contributed by atoms with Gasteiger partial charge >= 0.3 is 0 Å². The van der Waals surface area contributed by atoms with Gasteiger partial charge in [-0.15, -0.1) is 0 Å². The first-order chi connectivity index (χ1) is 11.9. The van der Waals surface area contributed by atoms with Crippen LogP contribution in [0.2, 0.25) is 0 Å². The molecule has 2 heterocycles. The van der Waals surface area contributed by atoms with Crippen LogP contribution in [0.1, 0.15) is 0 Å². The van der Waals surface area contributed by atoms with Crippen molar-refractivity contribution < 1.29 is 0 Å². The number of imidazole rings is 1. The first-order valence-corrected chi connectivity index (χ1v) is 8.01. The molecule has 0 saturated heterocycles. The van der Waals surface area contributed by atoms with Crippen LogP contribution >= 0.6 is 0 Å². The van der Waals surface area contributed by atoms with E-state index in [9.17, 15) is 0 Å². The maximum Gasteiger partial charge on any atom is 0.155 e. The number of aromatic nitrogens is 3. The van der Waals surface area contributed by atoms with Crippen molar-refractivity contribution in [3.63, 3.8) is 0 Å². The van der Waals surface area contributed by atoms with Crippen LogP contribution in [0.5, 0.6) is 0 Å². The lowest BCUT2D eigenvalue weighted by Crippen LogP contribution is -1.84. The average Bonchev–Trinajstić information content (AvgIpc) is 3.23. The number of rotatable bonds is 2. The summed E-state index contributed by atoms with van der Waals surface area (Å²) < 4.78 is 0. The predicted molar refractivity (Wildman–Crippen MR) is 98.8 cm³/mol. The third-order valence-corrected chi connectivity index (χ3v) is 4.39. The summed E-state index contributed by atoms with van der Waals surface area (Å²) in [5.41, 5.74) is 6.54. The Morgan fingerprint density at radius 3 is 2.17 bits per heavy atom. The lowest BCUT2D eigenvalue weighted by atomic mass is 10.0. The topological polar surface area (TPSA) is 44.5 Å². The van der Waals surface area contributed by atoms with E-state index in [1.807, 2.05) is 24.3 Å². The second-order valence-electron chi connectivity index (χ2n) is 5.89. The molecule has 24 heavy (non-hydrogen) atoms. The fraction of sp³-hybridized carbons (Fsp3) is 0. The summed E-state index contributed by atoms with van der Waals surface area (Å²) in [6, 6.07) is 27.0. The van der Waals surface area contributed by atoms with Crippen LogP contribution in [0, 0.1) is 0 Å². The first kappa shape index (κ1) is 13.1. The number of aromatic amines is 2. The number of fused-ring (bicyclic) bond motifs is 2. The molecule has 114 valence electrons. The van der Waals surface area contributed by atoms with E-state index < -0.39 is 0 Å². The molecule has 0 spiro atoms. The van der Waals surface area contributed by atoms with Crippen molar-refractivity contribution in [2.24, 2.45) is 0 Å². The molecule has 0 saturated carbocycles. The molecule has 5 rings (SSSR count). The number of H-pyrrole nitrogens is 2. The quantitative estimate of drug-likeness (QED) is 0.452. The molecule has 3 aromatic carbocycles. The third kappa shape index (κ3) is 1.95. The first-order valence-electron chi connectivity index (χ1n) is 8.01. The minimum Gasteiger partial charge on any atom is -0.351 e. The normalized spacial score (nSPS) is 11.3. The number of para-hydroxylation sites is 3. The van der Waals surface area contributed by atoms with Crippen LogP contribution in [-0.2, 0) is 0 Å². The Morgan fingerprint density at radius 2 is 1.33 bits per heavy atom. The van der Waals surface area contributed by atoms with E-state index in [4.69, 9.17) is 4.98 Å². The minimum atomic E-state index is 0.867. The van der Waals surface area contributed by atoms with Crippen LogP contribution in [0.3, 0.4) is 0 Å². The third-order valence-electron chi connectivity index (χ3n) is 4.39. The van der Waals surface area contributed by atoms with Gasteiger partial charge in [-0.1, -0.05) is 60.7 Å². The van der Waals surface area contributed by atoms with E-state index in [0.29, 0.717) is 0 Å². The second-order valence-corrected chi connectivity index (χ2v) is 5.89. The van der Waals surface area contributed by atoms with Crippen LogP contribution in [0.4, 0.5) is 0 Å². The summed E-state index contributed by atoms with van der Waals surface area (Å²) in [5.74, 6) is 0.867. The molecule has 0 unspecified atom stereocenters. The lowest BCUT2D eigenvalue weighted by molar-refractivity contribution is 1.29. The molecule has 0 fully saturated rings. The van der Waals surface area contributed by atoms with Gasteiger partial charge in [-0.25, -0.2) is 4.98 Å². The summed E-state index contributed by atoms with van der Waals surface area (Å²) in [7, 11) is 0. The van der Waals surface area contributed by atoms with E-state index in [1.54, 1.807) is 0 Å². The monoisotopic (exact) mass is 309 g/mol. The van der Waals surface area contributed by atoms with Gasteiger partial charge in [0, 0.05) is 16.5 Å². The Bertz CT molecular complexity index is 1120. The summed E-state index contributed by atoms with van der Waals surface area (Å²) in [4.78, 5) is 11.8. The number of hydrogen-bond donors (Lipinski definition) is 2. The Morgan fingerprint density at radius 1 is 0.625 bits per heavy atom. The maximum atomic E-state index is 4.78. The summed E-state index contributed by atoms with van der Waals surface area (Å²) in [6.45, 7) is 0. The average molecular weight is 309 g/mol. The standard InChI is InChI=1S/C21H15N3/c1-2-8-14(9-3-1)19-15-10-4-5-11-16(15)22-20(19)21-23-17-12-6-7-13-18(17)24-21/h1-13,22H,(H,23,24). The molecule has 5 aromatic rings. The second kappa shape index (κ2) is 5.10. The molecule has 0 aliphatic heterocycles. The van der Waals surface area contributed by atoms with Crippen LogP contribution < -0.4 is 0 Å². The lowest BCUT2D eigenvalue weighted by Gasteiger charge is -2.03. The molecule has 0 radical (unpaired) electrons. The van der Waals surface area contributed by atoms with Crippen molar-refractivity contribution in [2.45, 2.75) is 0 Å². The van der Waals surface area contributed by atoms with Crippen LogP contribution in [-0.4, -0.2) is 15.0 Å². The van der Waals surface area contributed by atoms with Gasteiger partial charge < -0.3 is 9.97 Å². The van der Waals surface area contributed by atoms with Gasteiger partial charge in [0.15, 0.2) is 5.82 Å². The highest BCUT2D eigenvalue weighted by atomic mass is 15.0. The van der Waals surface area contributed by atoms with Gasteiger partial charge in [0.1, 0.15) is 0 Å². The summed E-state index contributed by atoms with van der Waals surface area (Å²) in [6.07, 6.45) is 0. The Labute approximate surface area is 139 Å². The van der Waals surface area contributed by atoms with E-state index in [1.165, 1.54) is 16.5 Å². The van der Waals surface area contributed by atoms with Gasteiger partial charge in [-0.05, 0) is 23.8 Å². The summed E-state index contributed by atoms with van der Waals surface area (Å²) >= 11 is 0. The molecule has 3 heteroatoms. The van der Waals surface area contributed by atoms with Gasteiger partial charge in [0.25, 0.3) is 0 Å². The Kier molecular flexibility index (Phi) is 2.79. The van der Waals surface area contributed by atoms with E-state index >= 15 is 0 Å². The van der Waals surface area contributed by atoms with Crippen molar-refractivity contribution in [1.29, 1.82) is 0 Å². The number of nitrogens with one attached hydrogen (secondary N) is 2. The molecule has 0 bridgehead atoms. The van der Waals surface area contributed by atoms with Crippen LogP contribution in [0.25, 0.3) is 44.6 Å². The largest absolute Gasteiger partial charge is 0.351 e. The highest BCUT2D eigenvalue weighted by Gasteiger charge is 2.17. The zero-order chi connectivity index (χ0) is 15.9. The molecule has 0 aliphatic carbocycles. The molecule has 2 N–H and O–H groups in total. The SMILES string of the molecule is c1ccc(-c2c(-c3nc4ccccc4[nH]3)[nH]c3ccccc23)cc1. The van der Waals surface area contributed by atoms with Crippen molar-refractivity contribution in [2.75, 3.05) is 0 Å². The van der Waals surface area contributed by atoms with Crippen molar-refractivity contribution in [3.8, 4) is 22.6 Å². The van der Waals surface area contributed by atoms with Gasteiger partial charge in [0.2, 0.25) is 0 Å². The fourth-order valence-corrected chi connectivity index (χ4v) is 3.30. The predicted octanol–water partition coefficient (Wildman–Crippen LogP) is 5.38. The molecule has 0 aliphatic rings. The van der Waals surface area contributed by atoms with Crippen molar-refractivity contribution in [1.82, 2.24) is 15.0 Å². The molecule has 3 nitrogen and oxygen atoms in total. The smallest absolute Gasteiger partial charge is 0.155 e. The van der Waals surface area contributed by atoms with Gasteiger partial charge in [0.05, 0.1) is 16.7 Å².